The van der Waals surface area contributed by atoms with Crippen molar-refractivity contribution in [2.45, 2.75) is 12.2 Å². The molecule has 0 saturated heterocycles. The number of hydrogen-bond acceptors (Lipinski definition) is 5. The molecule has 0 fully saturated rings. The molecule has 1 rings (SSSR count). The summed E-state index contributed by atoms with van der Waals surface area (Å²) in [5.41, 5.74) is 0.265. The molecule has 0 aliphatic heterocycles. The fourth-order valence-electron chi connectivity index (χ4n) is 1.32. The van der Waals surface area contributed by atoms with Crippen molar-refractivity contribution in [3.8, 4) is 0 Å². The van der Waals surface area contributed by atoms with Crippen LogP contribution in [0.15, 0.2) is 30.3 Å². The van der Waals surface area contributed by atoms with Gasteiger partial charge in [0.15, 0.2) is 16.0 Å². The van der Waals surface area contributed by atoms with E-state index in [1.807, 2.05) is 0 Å². The van der Waals surface area contributed by atoms with Crippen LogP contribution in [0.1, 0.15) is 17.7 Å². The van der Waals surface area contributed by atoms with E-state index >= 15 is 0 Å². The van der Waals surface area contributed by atoms with Gasteiger partial charge in [-0.25, -0.2) is 13.2 Å². The Morgan fingerprint density at radius 1 is 1.24 bits per heavy atom. The number of hydrogen-bond donors (Lipinski definition) is 1. The summed E-state index contributed by atoms with van der Waals surface area (Å²) in [5.74, 6) is -2.19. The van der Waals surface area contributed by atoms with Crippen molar-refractivity contribution in [3.05, 3.63) is 35.9 Å². The van der Waals surface area contributed by atoms with Crippen LogP contribution in [0.4, 0.5) is 0 Å². The van der Waals surface area contributed by atoms with Gasteiger partial charge in [0, 0.05) is 0 Å². The number of carbonyl (C=O) groups is 2. The molecule has 1 atom stereocenters. The maximum absolute atomic E-state index is 11.6. The van der Waals surface area contributed by atoms with Gasteiger partial charge in [0.05, 0.1) is 6.61 Å². The minimum absolute atomic E-state index is 0.0295. The molecule has 6 heteroatoms. The van der Waals surface area contributed by atoms with Crippen molar-refractivity contribution in [2.75, 3.05) is 6.61 Å². The van der Waals surface area contributed by atoms with Gasteiger partial charge >= 0.3 is 5.97 Å². The fourth-order valence-corrected chi connectivity index (χ4v) is 2.03. The summed E-state index contributed by atoms with van der Waals surface area (Å²) in [7, 11) is -3.07. The number of carbonyl (C=O) groups excluding carboxylic acids is 2. The predicted molar refractivity (Wildman–Crippen MR) is 61.1 cm³/mol. The van der Waals surface area contributed by atoms with Crippen LogP contribution in [-0.4, -0.2) is 26.8 Å². The topological polar surface area (TPSA) is 77.5 Å². The molecule has 0 heterocycles. The molecule has 0 aliphatic rings. The number of ether oxygens (including phenoxy) is 1. The molecule has 5 nitrogen and oxygen atoms in total. The summed E-state index contributed by atoms with van der Waals surface area (Å²) in [5, 5.41) is -1.47. The summed E-state index contributed by atoms with van der Waals surface area (Å²) in [4.78, 5) is 22.8. The number of thiol groups is 1. The molecule has 17 heavy (non-hydrogen) atoms. The van der Waals surface area contributed by atoms with Crippen LogP contribution in [0.5, 0.6) is 0 Å². The minimum atomic E-state index is -3.07. The van der Waals surface area contributed by atoms with Crippen LogP contribution < -0.4 is 0 Å². The van der Waals surface area contributed by atoms with Gasteiger partial charge < -0.3 is 4.74 Å². The lowest BCUT2D eigenvalue weighted by Gasteiger charge is -2.08. The van der Waals surface area contributed by atoms with E-state index in [9.17, 15) is 18.0 Å². The Hall–Kier alpha value is -1.69. The Morgan fingerprint density at radius 3 is 2.29 bits per heavy atom. The Labute approximate surface area is 100 Å². The predicted octanol–water partition coefficient (Wildman–Crippen LogP) is 0.471. The largest absolute Gasteiger partial charge is 0.460 e. The number of ketones is 1. The van der Waals surface area contributed by atoms with E-state index in [1.165, 1.54) is 12.1 Å². The molecule has 0 aliphatic carbocycles. The van der Waals surface area contributed by atoms with Gasteiger partial charge in [0.2, 0.25) is 0 Å². The second-order valence-electron chi connectivity index (χ2n) is 3.18. The van der Waals surface area contributed by atoms with Gasteiger partial charge in [-0.2, -0.15) is 0 Å². The maximum atomic E-state index is 11.6. The third-order valence-corrected chi connectivity index (χ3v) is 3.01. The molecule has 0 bridgehead atoms. The van der Waals surface area contributed by atoms with E-state index in [1.54, 1.807) is 25.1 Å². The first kappa shape index (κ1) is 13.4. The fraction of sp³-hybridized carbons (Fsp3) is 0.273. The van der Waals surface area contributed by atoms with Gasteiger partial charge in [-0.1, -0.05) is 30.3 Å². The molecule has 0 amide bonds. The first-order valence-electron chi connectivity index (χ1n) is 4.97. The standard InChI is InChI=1S/C11H12O5S/c1-2-16-11(13)9(12)10(17(14)15)8-6-4-3-5-7-8/h3-7,10,17H,2H2,1H3. The second kappa shape index (κ2) is 6.15. The minimum Gasteiger partial charge on any atom is -0.460 e. The average Bonchev–Trinajstić information content (AvgIpc) is 2.30. The third-order valence-electron chi connectivity index (χ3n) is 2.05. The first-order valence-corrected chi connectivity index (χ1v) is 6.22. The molecular weight excluding hydrogens is 244 g/mol. The molecule has 0 N–H and O–H groups in total. The van der Waals surface area contributed by atoms with Gasteiger partial charge in [-0.15, -0.1) is 0 Å². The van der Waals surface area contributed by atoms with Crippen molar-refractivity contribution in [3.63, 3.8) is 0 Å². The van der Waals surface area contributed by atoms with E-state index in [4.69, 9.17) is 0 Å². The van der Waals surface area contributed by atoms with Gasteiger partial charge in [-0.3, -0.25) is 4.79 Å². The SMILES string of the molecule is CCOC(=O)C(=O)C(c1ccccc1)[SH](=O)=O. The van der Waals surface area contributed by atoms with Gasteiger partial charge in [0.1, 0.15) is 0 Å². The number of Topliss-reactive ketones (excluding diaryl/α,β-unsaturated/α-hetero) is 1. The van der Waals surface area contributed by atoms with Crippen LogP contribution in [0, 0.1) is 0 Å². The number of rotatable bonds is 5. The van der Waals surface area contributed by atoms with Crippen LogP contribution in [-0.2, 0) is 25.0 Å². The van der Waals surface area contributed by atoms with Crippen LogP contribution in [0.25, 0.3) is 0 Å². The summed E-state index contributed by atoms with van der Waals surface area (Å²) in [6.45, 7) is 1.57. The number of esters is 1. The average molecular weight is 256 g/mol. The molecule has 0 saturated carbocycles. The maximum Gasteiger partial charge on any atom is 0.376 e. The van der Waals surface area contributed by atoms with Crippen molar-refractivity contribution in [1.82, 2.24) is 0 Å². The van der Waals surface area contributed by atoms with Crippen LogP contribution in [0.3, 0.4) is 0 Å². The van der Waals surface area contributed by atoms with E-state index in [0.717, 1.165) is 0 Å². The molecular formula is C11H12O5S. The highest BCUT2D eigenvalue weighted by Gasteiger charge is 2.30. The lowest BCUT2D eigenvalue weighted by molar-refractivity contribution is -0.153. The lowest BCUT2D eigenvalue weighted by Crippen LogP contribution is -2.25. The summed E-state index contributed by atoms with van der Waals surface area (Å²) in [6, 6.07) is 7.84. The lowest BCUT2D eigenvalue weighted by atomic mass is 10.1. The normalized spacial score (nSPS) is 12.1. The van der Waals surface area contributed by atoms with Gasteiger partial charge in [-0.05, 0) is 12.5 Å². The van der Waals surface area contributed by atoms with E-state index in [-0.39, 0.29) is 12.2 Å². The summed E-state index contributed by atoms with van der Waals surface area (Å²) >= 11 is 0. The number of benzene rings is 1. The first-order chi connectivity index (χ1) is 8.07. The van der Waals surface area contributed by atoms with Crippen molar-refractivity contribution >= 4 is 22.5 Å². The zero-order valence-electron chi connectivity index (χ0n) is 9.16. The molecule has 0 aromatic heterocycles. The quantitative estimate of drug-likeness (QED) is 0.471. The van der Waals surface area contributed by atoms with E-state index in [0.29, 0.717) is 0 Å². The monoisotopic (exact) mass is 256 g/mol. The highest BCUT2D eigenvalue weighted by atomic mass is 32.2. The summed E-state index contributed by atoms with van der Waals surface area (Å²) < 4.78 is 26.6. The van der Waals surface area contributed by atoms with Crippen LogP contribution in [0.2, 0.25) is 0 Å². The molecule has 0 spiro atoms. The second-order valence-corrected chi connectivity index (χ2v) is 4.27. The molecule has 1 aromatic carbocycles. The smallest absolute Gasteiger partial charge is 0.376 e. The van der Waals surface area contributed by atoms with Crippen molar-refractivity contribution in [1.29, 1.82) is 0 Å². The summed E-state index contributed by atoms with van der Waals surface area (Å²) in [6.07, 6.45) is 0. The highest BCUT2D eigenvalue weighted by Crippen LogP contribution is 2.18. The highest BCUT2D eigenvalue weighted by molar-refractivity contribution is 7.73. The Kier molecular flexibility index (Phi) is 4.84. The zero-order valence-corrected chi connectivity index (χ0v) is 10.1. The van der Waals surface area contributed by atoms with Gasteiger partial charge in [0.25, 0.3) is 5.78 Å². The third kappa shape index (κ3) is 3.39. The molecule has 1 aromatic rings. The Bertz CT molecular complexity index is 470. The molecule has 1 unspecified atom stereocenters. The van der Waals surface area contributed by atoms with Crippen molar-refractivity contribution < 1.29 is 22.7 Å². The zero-order chi connectivity index (χ0) is 12.8. The van der Waals surface area contributed by atoms with Crippen LogP contribution >= 0.6 is 0 Å². The van der Waals surface area contributed by atoms with Crippen molar-refractivity contribution in [2.24, 2.45) is 0 Å². The molecule has 0 radical (unpaired) electrons. The Balaban J connectivity index is 3.03. The van der Waals surface area contributed by atoms with E-state index < -0.39 is 27.7 Å². The van der Waals surface area contributed by atoms with E-state index in [2.05, 4.69) is 4.74 Å². The Morgan fingerprint density at radius 2 is 1.82 bits per heavy atom. The molecule has 92 valence electrons.